The van der Waals surface area contributed by atoms with Gasteiger partial charge in [-0.1, -0.05) is 0 Å². The highest BCUT2D eigenvalue weighted by atomic mass is 32.2. The van der Waals surface area contributed by atoms with Crippen molar-refractivity contribution in [1.82, 2.24) is 4.98 Å². The minimum Gasteiger partial charge on any atom is -0.445 e. The predicted octanol–water partition coefficient (Wildman–Crippen LogP) is 0.468. The van der Waals surface area contributed by atoms with E-state index in [-0.39, 0.29) is 17.4 Å². The highest BCUT2D eigenvalue weighted by Crippen LogP contribution is 2.29. The Hall–Kier alpha value is -0.880. The Morgan fingerprint density at radius 2 is 2.38 bits per heavy atom. The van der Waals surface area contributed by atoms with Crippen LogP contribution in [0.2, 0.25) is 0 Å². The summed E-state index contributed by atoms with van der Waals surface area (Å²) in [6.45, 7) is 0.607. The number of nitrogens with zero attached hydrogens (tertiary/aromatic N) is 1. The van der Waals surface area contributed by atoms with Crippen LogP contribution in [0.25, 0.3) is 0 Å². The molecule has 2 N–H and O–H groups in total. The molecule has 2 heterocycles. The van der Waals surface area contributed by atoms with Gasteiger partial charge >= 0.3 is 0 Å². The molecule has 0 spiro atoms. The van der Waals surface area contributed by atoms with Gasteiger partial charge in [0.25, 0.3) is 0 Å². The van der Waals surface area contributed by atoms with E-state index in [0.717, 1.165) is 12.8 Å². The van der Waals surface area contributed by atoms with Gasteiger partial charge in [0, 0.05) is 12.3 Å². The minimum atomic E-state index is -2.86. The van der Waals surface area contributed by atoms with Gasteiger partial charge in [0.1, 0.15) is 5.76 Å². The molecule has 1 aliphatic rings. The molecule has 90 valence electrons. The number of aryl methyl sites for hydroxylation is 1. The maximum Gasteiger partial charge on any atom is 0.194 e. The molecule has 1 atom stereocenters. The lowest BCUT2D eigenvalue weighted by molar-refractivity contribution is 0.429. The zero-order valence-electron chi connectivity index (χ0n) is 9.05. The first kappa shape index (κ1) is 11.6. The molecule has 5 nitrogen and oxygen atoms in total. The second-order valence-electron chi connectivity index (χ2n) is 4.15. The molecule has 0 radical (unpaired) electrons. The van der Waals surface area contributed by atoms with E-state index in [9.17, 15) is 8.42 Å². The minimum absolute atomic E-state index is 0.0101. The predicted molar refractivity (Wildman–Crippen MR) is 59.9 cm³/mol. The smallest absolute Gasteiger partial charge is 0.194 e. The van der Waals surface area contributed by atoms with Crippen molar-refractivity contribution in [2.24, 2.45) is 5.73 Å². The first-order valence-electron chi connectivity index (χ1n) is 5.46. The highest BCUT2D eigenvalue weighted by Gasteiger charge is 2.31. The summed E-state index contributed by atoms with van der Waals surface area (Å²) in [5.74, 6) is 1.80. The quantitative estimate of drug-likeness (QED) is 0.832. The number of rotatable bonds is 4. The number of aromatic nitrogens is 1. The molecule has 1 unspecified atom stereocenters. The molecular formula is C10H16N2O3S. The Morgan fingerprint density at radius 1 is 1.56 bits per heavy atom. The lowest BCUT2D eigenvalue weighted by Crippen LogP contribution is -2.03. The Bertz CT molecular complexity index is 452. The average Bonchev–Trinajstić information content (AvgIpc) is 2.81. The molecule has 0 bridgehead atoms. The van der Waals surface area contributed by atoms with E-state index in [1.165, 1.54) is 0 Å². The summed E-state index contributed by atoms with van der Waals surface area (Å²) in [4.78, 5) is 4.13. The fraction of sp³-hybridized carbons (Fsp3) is 0.700. The van der Waals surface area contributed by atoms with Crippen molar-refractivity contribution in [3.8, 4) is 0 Å². The third-order valence-electron chi connectivity index (χ3n) is 2.80. The topological polar surface area (TPSA) is 86.2 Å². The van der Waals surface area contributed by atoms with E-state index in [1.807, 2.05) is 0 Å². The Balaban J connectivity index is 2.02. The monoisotopic (exact) mass is 244 g/mol. The van der Waals surface area contributed by atoms with E-state index in [1.54, 1.807) is 6.20 Å². The number of nitrogens with two attached hydrogens (primary N) is 1. The van der Waals surface area contributed by atoms with Crippen LogP contribution in [0, 0.1) is 0 Å². The van der Waals surface area contributed by atoms with E-state index in [2.05, 4.69) is 4.98 Å². The molecule has 6 heteroatoms. The highest BCUT2D eigenvalue weighted by molar-refractivity contribution is 7.91. The molecule has 1 aromatic rings. The van der Waals surface area contributed by atoms with Crippen LogP contribution in [0.3, 0.4) is 0 Å². The molecule has 0 aliphatic carbocycles. The van der Waals surface area contributed by atoms with Crippen LogP contribution in [-0.4, -0.2) is 31.5 Å². The zero-order chi connectivity index (χ0) is 11.6. The van der Waals surface area contributed by atoms with Crippen molar-refractivity contribution in [2.45, 2.75) is 25.2 Å². The molecule has 1 aliphatic heterocycles. The van der Waals surface area contributed by atoms with Crippen molar-refractivity contribution in [1.29, 1.82) is 0 Å². The zero-order valence-corrected chi connectivity index (χ0v) is 9.87. The number of hydrogen-bond donors (Lipinski definition) is 1. The van der Waals surface area contributed by atoms with Crippen LogP contribution in [0.5, 0.6) is 0 Å². The second kappa shape index (κ2) is 4.55. The lowest BCUT2D eigenvalue weighted by atomic mass is 10.1. The summed E-state index contributed by atoms with van der Waals surface area (Å²) in [7, 11) is -2.86. The molecular weight excluding hydrogens is 228 g/mol. The van der Waals surface area contributed by atoms with Gasteiger partial charge in [-0.2, -0.15) is 0 Å². The van der Waals surface area contributed by atoms with E-state index < -0.39 is 9.84 Å². The van der Waals surface area contributed by atoms with Gasteiger partial charge in [0.15, 0.2) is 15.7 Å². The Kier molecular flexibility index (Phi) is 3.30. The summed E-state index contributed by atoms with van der Waals surface area (Å²) in [6, 6.07) is 0. The van der Waals surface area contributed by atoms with E-state index >= 15 is 0 Å². The fourth-order valence-corrected chi connectivity index (χ4v) is 3.66. The van der Waals surface area contributed by atoms with Crippen LogP contribution < -0.4 is 5.73 Å². The van der Waals surface area contributed by atoms with Crippen molar-refractivity contribution >= 4 is 9.84 Å². The van der Waals surface area contributed by atoms with Crippen molar-refractivity contribution in [3.05, 3.63) is 17.8 Å². The van der Waals surface area contributed by atoms with Gasteiger partial charge < -0.3 is 10.2 Å². The number of sulfone groups is 1. The lowest BCUT2D eigenvalue weighted by Gasteiger charge is -2.01. The SMILES string of the molecule is NCCCc1ncc(C2CCS(=O)(=O)C2)o1. The fourth-order valence-electron chi connectivity index (χ4n) is 1.90. The van der Waals surface area contributed by atoms with Crippen LogP contribution in [-0.2, 0) is 16.3 Å². The molecule has 1 fully saturated rings. The summed E-state index contributed by atoms with van der Waals surface area (Å²) < 4.78 is 28.2. The van der Waals surface area contributed by atoms with Crippen LogP contribution in [0.4, 0.5) is 0 Å². The van der Waals surface area contributed by atoms with Gasteiger partial charge in [-0.3, -0.25) is 0 Å². The summed E-state index contributed by atoms with van der Waals surface area (Å²) in [5.41, 5.74) is 5.39. The van der Waals surface area contributed by atoms with Gasteiger partial charge in [-0.25, -0.2) is 13.4 Å². The van der Waals surface area contributed by atoms with Crippen molar-refractivity contribution < 1.29 is 12.8 Å². The summed E-state index contributed by atoms with van der Waals surface area (Å²) in [6.07, 6.45) is 3.85. The second-order valence-corrected chi connectivity index (χ2v) is 6.38. The molecule has 0 saturated carbocycles. The van der Waals surface area contributed by atoms with Crippen LogP contribution in [0.15, 0.2) is 10.6 Å². The maximum absolute atomic E-state index is 11.3. The maximum atomic E-state index is 11.3. The van der Waals surface area contributed by atoms with Crippen molar-refractivity contribution in [3.63, 3.8) is 0 Å². The van der Waals surface area contributed by atoms with Gasteiger partial charge in [-0.15, -0.1) is 0 Å². The van der Waals surface area contributed by atoms with E-state index in [0.29, 0.717) is 24.6 Å². The van der Waals surface area contributed by atoms with E-state index in [4.69, 9.17) is 10.2 Å². The molecule has 16 heavy (non-hydrogen) atoms. The third-order valence-corrected chi connectivity index (χ3v) is 4.57. The molecule has 1 aromatic heterocycles. The van der Waals surface area contributed by atoms with Gasteiger partial charge in [0.05, 0.1) is 17.7 Å². The molecule has 2 rings (SSSR count). The first-order chi connectivity index (χ1) is 7.61. The molecule has 0 aromatic carbocycles. The van der Waals surface area contributed by atoms with Crippen molar-refractivity contribution in [2.75, 3.05) is 18.1 Å². The standard InChI is InChI=1S/C10H16N2O3S/c11-4-1-2-10-12-6-9(15-10)8-3-5-16(13,14)7-8/h6,8H,1-5,7,11H2. The van der Waals surface area contributed by atoms with Gasteiger partial charge in [-0.05, 0) is 19.4 Å². The first-order valence-corrected chi connectivity index (χ1v) is 7.28. The summed E-state index contributed by atoms with van der Waals surface area (Å²) in [5, 5.41) is 0. The number of hydrogen-bond acceptors (Lipinski definition) is 5. The Labute approximate surface area is 95.0 Å². The van der Waals surface area contributed by atoms with Crippen LogP contribution in [0.1, 0.15) is 30.4 Å². The number of oxazole rings is 1. The van der Waals surface area contributed by atoms with Gasteiger partial charge in [0.2, 0.25) is 0 Å². The largest absolute Gasteiger partial charge is 0.445 e. The average molecular weight is 244 g/mol. The van der Waals surface area contributed by atoms with Crippen LogP contribution >= 0.6 is 0 Å². The molecule has 1 saturated heterocycles. The summed E-state index contributed by atoms with van der Waals surface area (Å²) >= 11 is 0. The third kappa shape index (κ3) is 2.62. The Morgan fingerprint density at radius 3 is 3.00 bits per heavy atom. The molecule has 0 amide bonds. The normalized spacial score (nSPS) is 23.7.